The number of rotatable bonds is 3. The van der Waals surface area contributed by atoms with E-state index >= 15 is 0 Å². The van der Waals surface area contributed by atoms with Crippen LogP contribution in [0.5, 0.6) is 0 Å². The molecule has 0 amide bonds. The van der Waals surface area contributed by atoms with Crippen LogP contribution in [0.1, 0.15) is 32.0 Å². The van der Waals surface area contributed by atoms with Gasteiger partial charge in [-0.15, -0.1) is 0 Å². The number of nitro groups is 1. The minimum Gasteiger partial charge on any atom is -0.258 e. The van der Waals surface area contributed by atoms with Crippen LogP contribution >= 0.6 is 15.9 Å². The molecule has 0 aliphatic carbocycles. The van der Waals surface area contributed by atoms with E-state index in [9.17, 15) is 10.1 Å². The summed E-state index contributed by atoms with van der Waals surface area (Å²) < 4.78 is 0. The lowest BCUT2D eigenvalue weighted by Gasteiger charge is -2.25. The van der Waals surface area contributed by atoms with Gasteiger partial charge in [0.2, 0.25) is 0 Å². The summed E-state index contributed by atoms with van der Waals surface area (Å²) in [6.45, 7) is 8.17. The minimum absolute atomic E-state index is 0.0793. The van der Waals surface area contributed by atoms with Crippen molar-refractivity contribution in [2.45, 2.75) is 38.9 Å². The maximum atomic E-state index is 10.7. The molecule has 1 aromatic heterocycles. The molecular weight excluding hydrogens is 284 g/mol. The number of hydrogen-bond acceptors (Lipinski definition) is 3. The summed E-state index contributed by atoms with van der Waals surface area (Å²) in [5.41, 5.74) is 1.76. The average Bonchev–Trinajstić information content (AvgIpc) is 2.15. The van der Waals surface area contributed by atoms with Crippen molar-refractivity contribution in [1.29, 1.82) is 0 Å². The fourth-order valence-electron chi connectivity index (χ4n) is 1.40. The molecule has 0 aromatic carbocycles. The highest BCUT2D eigenvalue weighted by Crippen LogP contribution is 2.29. The molecule has 0 saturated carbocycles. The first kappa shape index (κ1) is 14.1. The predicted molar refractivity (Wildman–Crippen MR) is 71.5 cm³/mol. The van der Waals surface area contributed by atoms with Crippen LogP contribution in [0.25, 0.3) is 0 Å². The summed E-state index contributed by atoms with van der Waals surface area (Å²) in [4.78, 5) is 14.7. The number of nitrogens with zero attached hydrogens (tertiary/aromatic N) is 2. The summed E-state index contributed by atoms with van der Waals surface area (Å²) in [6.07, 6.45) is 2.11. The number of hydrogen-bond donors (Lipinski definition) is 0. The first-order valence-electron chi connectivity index (χ1n) is 5.46. The van der Waals surface area contributed by atoms with E-state index in [0.717, 1.165) is 12.1 Å². The molecule has 17 heavy (non-hydrogen) atoms. The molecule has 5 heteroatoms. The van der Waals surface area contributed by atoms with Gasteiger partial charge in [-0.2, -0.15) is 0 Å². The minimum atomic E-state index is -0.401. The van der Waals surface area contributed by atoms with Crippen molar-refractivity contribution >= 4 is 21.6 Å². The van der Waals surface area contributed by atoms with Gasteiger partial charge in [0.15, 0.2) is 0 Å². The molecule has 1 heterocycles. The van der Waals surface area contributed by atoms with Gasteiger partial charge in [0.25, 0.3) is 5.69 Å². The van der Waals surface area contributed by atoms with Crippen LogP contribution in [0.15, 0.2) is 12.3 Å². The Balaban J connectivity index is 2.88. The Bertz CT molecular complexity index is 427. The number of aromatic nitrogens is 1. The highest BCUT2D eigenvalue weighted by molar-refractivity contribution is 9.09. The molecular formula is C12H17BrN2O2. The summed E-state index contributed by atoms with van der Waals surface area (Å²) in [7, 11) is 0. The van der Waals surface area contributed by atoms with Gasteiger partial charge in [-0.3, -0.25) is 15.1 Å². The first-order valence-corrected chi connectivity index (χ1v) is 6.37. The molecule has 1 aromatic rings. The zero-order chi connectivity index (χ0) is 13.2. The zero-order valence-electron chi connectivity index (χ0n) is 10.5. The molecule has 0 radical (unpaired) electrons. The average molecular weight is 301 g/mol. The molecule has 1 unspecified atom stereocenters. The highest BCUT2D eigenvalue weighted by atomic mass is 79.9. The SMILES string of the molecule is Cc1cc(CC(Br)C(C)(C)C)ncc1[N+](=O)[O-]. The van der Waals surface area contributed by atoms with E-state index in [1.807, 2.05) is 0 Å². The van der Waals surface area contributed by atoms with Crippen molar-refractivity contribution in [3.8, 4) is 0 Å². The second-order valence-corrected chi connectivity index (χ2v) is 6.36. The Morgan fingerprint density at radius 1 is 1.53 bits per heavy atom. The number of alkyl halides is 1. The molecule has 0 saturated heterocycles. The van der Waals surface area contributed by atoms with Crippen molar-refractivity contribution < 1.29 is 4.92 Å². The standard InChI is InChI=1S/C12H17BrN2O2/c1-8-5-9(6-11(13)12(2,3)4)14-7-10(8)15(16)17/h5,7,11H,6H2,1-4H3. The lowest BCUT2D eigenvalue weighted by molar-refractivity contribution is -0.385. The van der Waals surface area contributed by atoms with Crippen LogP contribution in [0, 0.1) is 22.5 Å². The van der Waals surface area contributed by atoms with Crippen LogP contribution in [0.2, 0.25) is 0 Å². The largest absolute Gasteiger partial charge is 0.290 e. The monoisotopic (exact) mass is 300 g/mol. The first-order chi connectivity index (χ1) is 7.71. The molecule has 0 bridgehead atoms. The molecule has 0 fully saturated rings. The number of aryl methyl sites for hydroxylation is 1. The Morgan fingerprint density at radius 3 is 2.53 bits per heavy atom. The maximum absolute atomic E-state index is 10.7. The van der Waals surface area contributed by atoms with Gasteiger partial charge in [0.1, 0.15) is 6.20 Å². The third-order valence-electron chi connectivity index (χ3n) is 2.66. The summed E-state index contributed by atoms with van der Waals surface area (Å²) in [5, 5.41) is 10.7. The third kappa shape index (κ3) is 3.77. The normalized spacial score (nSPS) is 13.5. The molecule has 0 spiro atoms. The van der Waals surface area contributed by atoms with E-state index < -0.39 is 4.92 Å². The van der Waals surface area contributed by atoms with Crippen molar-refractivity contribution in [3.63, 3.8) is 0 Å². The van der Waals surface area contributed by atoms with Crippen LogP contribution < -0.4 is 0 Å². The quantitative estimate of drug-likeness (QED) is 0.486. The molecule has 1 rings (SSSR count). The molecule has 0 aliphatic heterocycles. The van der Waals surface area contributed by atoms with Gasteiger partial charge in [0, 0.05) is 22.5 Å². The molecule has 0 N–H and O–H groups in total. The van der Waals surface area contributed by atoms with E-state index in [-0.39, 0.29) is 11.1 Å². The zero-order valence-corrected chi connectivity index (χ0v) is 12.1. The Labute approximate surface area is 110 Å². The Kier molecular flexibility index (Phi) is 4.25. The predicted octanol–water partition coefficient (Wildman–Crippen LogP) is 3.65. The van der Waals surface area contributed by atoms with Crippen molar-refractivity contribution in [2.24, 2.45) is 5.41 Å². The maximum Gasteiger partial charge on any atom is 0.290 e. The van der Waals surface area contributed by atoms with Gasteiger partial charge >= 0.3 is 0 Å². The topological polar surface area (TPSA) is 56.0 Å². The summed E-state index contributed by atoms with van der Waals surface area (Å²) in [6, 6.07) is 1.79. The third-order valence-corrected chi connectivity index (χ3v) is 4.36. The fraction of sp³-hybridized carbons (Fsp3) is 0.583. The molecule has 1 atom stereocenters. The van der Waals surface area contributed by atoms with Gasteiger partial charge in [0.05, 0.1) is 4.92 Å². The van der Waals surface area contributed by atoms with Crippen molar-refractivity contribution in [2.75, 3.05) is 0 Å². The van der Waals surface area contributed by atoms with E-state index in [1.165, 1.54) is 6.20 Å². The van der Waals surface area contributed by atoms with Gasteiger partial charge in [-0.1, -0.05) is 36.7 Å². The summed E-state index contributed by atoms with van der Waals surface area (Å²) >= 11 is 3.63. The second-order valence-electron chi connectivity index (χ2n) is 5.26. The van der Waals surface area contributed by atoms with E-state index in [1.54, 1.807) is 13.0 Å². The Morgan fingerprint density at radius 2 is 2.12 bits per heavy atom. The Hall–Kier alpha value is -0.970. The number of halogens is 1. The van der Waals surface area contributed by atoms with Crippen LogP contribution in [0.3, 0.4) is 0 Å². The number of pyridine rings is 1. The second kappa shape index (κ2) is 5.12. The fourth-order valence-corrected chi connectivity index (χ4v) is 1.73. The lowest BCUT2D eigenvalue weighted by atomic mass is 9.89. The van der Waals surface area contributed by atoms with Crippen LogP contribution in [-0.4, -0.2) is 14.7 Å². The summed E-state index contributed by atoms with van der Waals surface area (Å²) in [5.74, 6) is 0. The van der Waals surface area contributed by atoms with E-state index in [2.05, 4.69) is 41.7 Å². The van der Waals surface area contributed by atoms with Crippen LogP contribution in [-0.2, 0) is 6.42 Å². The van der Waals surface area contributed by atoms with E-state index in [0.29, 0.717) is 10.4 Å². The smallest absolute Gasteiger partial charge is 0.258 e. The molecule has 0 aliphatic rings. The van der Waals surface area contributed by atoms with Gasteiger partial charge < -0.3 is 0 Å². The highest BCUT2D eigenvalue weighted by Gasteiger charge is 2.23. The van der Waals surface area contributed by atoms with Crippen molar-refractivity contribution in [3.05, 3.63) is 33.6 Å². The molecule has 94 valence electrons. The van der Waals surface area contributed by atoms with E-state index in [4.69, 9.17) is 0 Å². The van der Waals surface area contributed by atoms with Crippen molar-refractivity contribution in [1.82, 2.24) is 4.98 Å². The molecule has 4 nitrogen and oxygen atoms in total. The van der Waals surface area contributed by atoms with Gasteiger partial charge in [-0.25, -0.2) is 0 Å². The lowest BCUT2D eigenvalue weighted by Crippen LogP contribution is -2.22. The van der Waals surface area contributed by atoms with Crippen LogP contribution in [0.4, 0.5) is 5.69 Å². The van der Waals surface area contributed by atoms with Gasteiger partial charge in [-0.05, 0) is 18.4 Å².